The summed E-state index contributed by atoms with van der Waals surface area (Å²) < 4.78 is 0. The van der Waals surface area contributed by atoms with E-state index < -0.39 is 7.80 Å². The van der Waals surface area contributed by atoms with Crippen LogP contribution in [0.25, 0.3) is 0 Å². The van der Waals surface area contributed by atoms with Gasteiger partial charge in [-0.2, -0.15) is 0 Å². The molecular formula is C22H42BN2P. The molecule has 1 aromatic rings. The topological polar surface area (TPSA) is 6.48 Å². The van der Waals surface area contributed by atoms with E-state index >= 15 is 0 Å². The first-order valence-electron chi connectivity index (χ1n) is 10.3. The normalized spacial score (nSPS) is 14.3. The van der Waals surface area contributed by atoms with Gasteiger partial charge in [0.15, 0.2) is 0 Å². The maximum atomic E-state index is 2.75. The van der Waals surface area contributed by atoms with Gasteiger partial charge in [0, 0.05) is 0 Å². The molecule has 0 saturated carbocycles. The highest BCUT2D eigenvalue weighted by atomic mass is 31.1. The molecule has 0 spiro atoms. The second-order valence-electron chi connectivity index (χ2n) is 9.49. The van der Waals surface area contributed by atoms with E-state index in [9.17, 15) is 0 Å². The first-order valence-corrected chi connectivity index (χ1v) is 11.7. The Morgan fingerprint density at radius 1 is 0.692 bits per heavy atom. The summed E-state index contributed by atoms with van der Waals surface area (Å²) in [6.45, 7) is 26.5. The van der Waals surface area contributed by atoms with Crippen molar-refractivity contribution in [1.82, 2.24) is 9.62 Å². The van der Waals surface area contributed by atoms with E-state index in [4.69, 9.17) is 0 Å². The van der Waals surface area contributed by atoms with Crippen LogP contribution in [0.2, 0.25) is 0 Å². The van der Waals surface area contributed by atoms with Crippen molar-refractivity contribution in [2.24, 2.45) is 0 Å². The van der Waals surface area contributed by atoms with E-state index in [1.54, 1.807) is 0 Å². The zero-order valence-corrected chi connectivity index (χ0v) is 20.0. The van der Waals surface area contributed by atoms with Gasteiger partial charge in [-0.05, 0) is 34.6 Å². The minimum Gasteiger partial charge on any atom is -0.319 e. The van der Waals surface area contributed by atoms with Crippen LogP contribution >= 0.6 is 7.80 Å². The zero-order chi connectivity index (χ0) is 20.2. The Labute approximate surface area is 165 Å². The Morgan fingerprint density at radius 3 is 1.31 bits per heavy atom. The van der Waals surface area contributed by atoms with Crippen molar-refractivity contribution in [2.75, 3.05) is 0 Å². The molecule has 0 aliphatic rings. The van der Waals surface area contributed by atoms with E-state index in [1.165, 1.54) is 5.30 Å². The summed E-state index contributed by atoms with van der Waals surface area (Å²) in [5, 5.41) is 1.74. The third-order valence-electron chi connectivity index (χ3n) is 4.91. The van der Waals surface area contributed by atoms with Crippen molar-refractivity contribution >= 4 is 19.8 Å². The monoisotopic (exact) mass is 376 g/mol. The van der Waals surface area contributed by atoms with Gasteiger partial charge in [-0.25, -0.2) is 0 Å². The summed E-state index contributed by atoms with van der Waals surface area (Å²) in [6.07, 6.45) is 0. The lowest BCUT2D eigenvalue weighted by atomic mass is 9.91. The standard InChI is InChI=1S/C22H42BN2P/c1-17(2)24(18(3)4)23(25(19(5)6)20(7)8)26(22(9,10)11)21-15-13-12-14-16-21/h12-20H,1-11H3/t26-/m0/s1. The third-order valence-corrected chi connectivity index (χ3v) is 8.20. The van der Waals surface area contributed by atoms with E-state index in [1.807, 2.05) is 0 Å². The fraction of sp³-hybridized carbons (Fsp3) is 0.727. The molecule has 1 aromatic carbocycles. The Kier molecular flexibility index (Phi) is 8.85. The van der Waals surface area contributed by atoms with Crippen LogP contribution in [0.1, 0.15) is 76.2 Å². The predicted molar refractivity (Wildman–Crippen MR) is 123 cm³/mol. The van der Waals surface area contributed by atoms with Gasteiger partial charge in [-0.15, -0.1) is 0 Å². The van der Waals surface area contributed by atoms with E-state index in [0.29, 0.717) is 30.9 Å². The van der Waals surface area contributed by atoms with Crippen LogP contribution in [-0.4, -0.2) is 45.6 Å². The van der Waals surface area contributed by atoms with E-state index in [2.05, 4.69) is 116 Å². The van der Waals surface area contributed by atoms with Crippen LogP contribution in [0.3, 0.4) is 0 Å². The fourth-order valence-corrected chi connectivity index (χ4v) is 7.96. The molecule has 0 radical (unpaired) electrons. The highest BCUT2D eigenvalue weighted by molar-refractivity contribution is 7.95. The summed E-state index contributed by atoms with van der Waals surface area (Å²) >= 11 is 0. The zero-order valence-electron chi connectivity index (χ0n) is 19.1. The SMILES string of the molecule is CC(C)N(B(N(C(C)C)C(C)C)[P@@](c1ccccc1)C(C)(C)C)C(C)C. The second-order valence-corrected chi connectivity index (χ2v) is 12.6. The maximum absolute atomic E-state index is 2.75. The molecule has 1 rings (SSSR count). The summed E-state index contributed by atoms with van der Waals surface area (Å²) in [7, 11) is -0.417. The average Bonchev–Trinajstić information content (AvgIpc) is 2.45. The van der Waals surface area contributed by atoms with Crippen molar-refractivity contribution < 1.29 is 0 Å². The van der Waals surface area contributed by atoms with Crippen molar-refractivity contribution in [3.8, 4) is 0 Å². The van der Waals surface area contributed by atoms with Gasteiger partial charge in [0.25, 0.3) is 0 Å². The molecule has 1 atom stereocenters. The lowest BCUT2D eigenvalue weighted by Gasteiger charge is -2.51. The Morgan fingerprint density at radius 2 is 1.04 bits per heavy atom. The first kappa shape index (κ1) is 23.7. The molecule has 0 heterocycles. The van der Waals surface area contributed by atoms with Crippen LogP contribution in [0.5, 0.6) is 0 Å². The summed E-state index contributed by atoms with van der Waals surface area (Å²) in [5.74, 6) is 0. The molecule has 0 amide bonds. The van der Waals surface area contributed by atoms with E-state index in [0.717, 1.165) is 0 Å². The number of hydrogen-bond acceptors (Lipinski definition) is 2. The van der Waals surface area contributed by atoms with Crippen molar-refractivity contribution in [3.05, 3.63) is 30.3 Å². The first-order chi connectivity index (χ1) is 11.9. The van der Waals surface area contributed by atoms with Gasteiger partial charge in [0.1, 0.15) is 0 Å². The number of rotatable bonds is 8. The minimum absolute atomic E-state index is 0.228. The number of hydrogen-bond donors (Lipinski definition) is 0. The Bertz CT molecular complexity index is 487. The molecule has 4 heteroatoms. The highest BCUT2D eigenvalue weighted by Gasteiger charge is 2.47. The molecule has 0 aromatic heterocycles. The van der Waals surface area contributed by atoms with Crippen molar-refractivity contribution in [3.63, 3.8) is 0 Å². The molecule has 0 bridgehead atoms. The van der Waals surface area contributed by atoms with Crippen LogP contribution < -0.4 is 5.30 Å². The van der Waals surface area contributed by atoms with Crippen LogP contribution in [-0.2, 0) is 0 Å². The molecular weight excluding hydrogens is 334 g/mol. The quantitative estimate of drug-likeness (QED) is 0.417. The van der Waals surface area contributed by atoms with Crippen molar-refractivity contribution in [1.29, 1.82) is 0 Å². The predicted octanol–water partition coefficient (Wildman–Crippen LogP) is 5.81. The molecule has 26 heavy (non-hydrogen) atoms. The van der Waals surface area contributed by atoms with Gasteiger partial charge in [-0.3, -0.25) is 0 Å². The number of nitrogens with zero attached hydrogens (tertiary/aromatic N) is 2. The fourth-order valence-electron chi connectivity index (χ4n) is 4.14. The van der Waals surface area contributed by atoms with Gasteiger partial charge < -0.3 is 9.62 Å². The molecule has 0 fully saturated rings. The third kappa shape index (κ3) is 5.81. The van der Waals surface area contributed by atoms with Gasteiger partial charge in [0.05, 0.1) is 0 Å². The minimum atomic E-state index is -0.417. The lowest BCUT2D eigenvalue weighted by molar-refractivity contribution is 0.232. The molecule has 0 saturated heterocycles. The molecule has 148 valence electrons. The smallest absolute Gasteiger partial charge is 0.319 e. The molecule has 0 unspecified atom stereocenters. The average molecular weight is 376 g/mol. The van der Waals surface area contributed by atoms with Gasteiger partial charge in [-0.1, -0.05) is 114 Å². The molecule has 0 aliphatic heterocycles. The number of benzene rings is 1. The van der Waals surface area contributed by atoms with Gasteiger partial charge in [0.2, 0.25) is 0 Å². The second kappa shape index (κ2) is 9.72. The largest absolute Gasteiger partial charge is 0.346 e. The maximum Gasteiger partial charge on any atom is 0.346 e. The van der Waals surface area contributed by atoms with Crippen molar-refractivity contribution in [2.45, 2.75) is 105 Å². The van der Waals surface area contributed by atoms with Crippen LogP contribution in [0.4, 0.5) is 0 Å². The Balaban J connectivity index is 3.67. The van der Waals surface area contributed by atoms with E-state index in [-0.39, 0.29) is 5.16 Å². The van der Waals surface area contributed by atoms with Crippen LogP contribution in [0, 0.1) is 0 Å². The Hall–Kier alpha value is -0.365. The summed E-state index contributed by atoms with van der Waals surface area (Å²) in [4.78, 5) is 5.51. The highest BCUT2D eigenvalue weighted by Crippen LogP contribution is 2.53. The lowest BCUT2D eigenvalue weighted by Crippen LogP contribution is -2.63. The summed E-state index contributed by atoms with van der Waals surface area (Å²) in [5.41, 5.74) is 0. The molecule has 0 N–H and O–H groups in total. The summed E-state index contributed by atoms with van der Waals surface area (Å²) in [6, 6.07) is 13.3. The van der Waals surface area contributed by atoms with Crippen LogP contribution in [0.15, 0.2) is 30.3 Å². The van der Waals surface area contributed by atoms with Gasteiger partial charge >= 0.3 is 6.70 Å². The molecule has 2 nitrogen and oxygen atoms in total. The molecule has 0 aliphatic carbocycles.